The zero-order valence-corrected chi connectivity index (χ0v) is 19.9. The average molecular weight is 512 g/mol. The number of nitrogens with zero attached hydrogens (tertiary/aromatic N) is 2. The summed E-state index contributed by atoms with van der Waals surface area (Å²) in [6.07, 6.45) is 0. The molecule has 0 aromatic heterocycles. The molecular formula is C22H23F2N3O5S2. The third-order valence-electron chi connectivity index (χ3n) is 5.51. The summed E-state index contributed by atoms with van der Waals surface area (Å²) in [6.45, 7) is 2.29. The molecule has 182 valence electrons. The number of halogens is 2. The number of hydrogen-bond acceptors (Lipinski definition) is 6. The molecular weight excluding hydrogens is 488 g/mol. The average Bonchev–Trinajstić information content (AvgIpc) is 2.93. The van der Waals surface area contributed by atoms with Gasteiger partial charge in [0.25, 0.3) is 0 Å². The minimum absolute atomic E-state index is 0.00564. The topological polar surface area (TPSA) is 96.0 Å². The number of sulfonamides is 1. The van der Waals surface area contributed by atoms with E-state index in [0.717, 1.165) is 12.1 Å². The standard InChI is InChI=1S/C22H23F2N3O5S2/c1-14-13-33-20-5-3-16(34(30,31)26-6-8-32-9-7-26)11-19(20)27(22(14)29)12-21(28)25-18-4-2-15(23)10-17(18)24/h2-5,10-11,14H,6-9,12-13H2,1H3,(H,25,28)/t14-/m0/s1. The van der Waals surface area contributed by atoms with Crippen LogP contribution in [0.4, 0.5) is 20.2 Å². The summed E-state index contributed by atoms with van der Waals surface area (Å²) in [5.74, 6) is -2.78. The molecule has 0 bridgehead atoms. The van der Waals surface area contributed by atoms with Crippen molar-refractivity contribution in [2.45, 2.75) is 16.7 Å². The van der Waals surface area contributed by atoms with Crippen molar-refractivity contribution in [2.75, 3.05) is 48.8 Å². The largest absolute Gasteiger partial charge is 0.379 e. The van der Waals surface area contributed by atoms with E-state index in [9.17, 15) is 26.8 Å². The highest BCUT2D eigenvalue weighted by atomic mass is 32.2. The van der Waals surface area contributed by atoms with Crippen LogP contribution >= 0.6 is 11.8 Å². The predicted octanol–water partition coefficient (Wildman–Crippen LogP) is 2.70. The van der Waals surface area contributed by atoms with Crippen molar-refractivity contribution in [3.8, 4) is 0 Å². The molecule has 1 saturated heterocycles. The van der Waals surface area contributed by atoms with Gasteiger partial charge in [-0.1, -0.05) is 6.92 Å². The Balaban J connectivity index is 1.65. The van der Waals surface area contributed by atoms with Gasteiger partial charge >= 0.3 is 0 Å². The van der Waals surface area contributed by atoms with Crippen LogP contribution in [0.15, 0.2) is 46.2 Å². The lowest BCUT2D eigenvalue weighted by Gasteiger charge is -2.27. The fraction of sp³-hybridized carbons (Fsp3) is 0.364. The highest BCUT2D eigenvalue weighted by molar-refractivity contribution is 7.99. The van der Waals surface area contributed by atoms with Gasteiger partial charge in [0, 0.05) is 35.7 Å². The van der Waals surface area contributed by atoms with Crippen LogP contribution in [0.25, 0.3) is 0 Å². The number of nitrogens with one attached hydrogen (secondary N) is 1. The van der Waals surface area contributed by atoms with E-state index in [0.29, 0.717) is 35.6 Å². The quantitative estimate of drug-likeness (QED) is 0.663. The van der Waals surface area contributed by atoms with Crippen LogP contribution in [0.3, 0.4) is 0 Å². The van der Waals surface area contributed by atoms with E-state index >= 15 is 0 Å². The number of morpholine rings is 1. The van der Waals surface area contributed by atoms with Gasteiger partial charge in [0.15, 0.2) is 0 Å². The normalized spacial score (nSPS) is 19.4. The number of carbonyl (C=O) groups excluding carboxylic acids is 2. The van der Waals surface area contributed by atoms with Crippen molar-refractivity contribution in [1.29, 1.82) is 0 Å². The highest BCUT2D eigenvalue weighted by Gasteiger charge is 2.33. The second-order valence-corrected chi connectivity index (χ2v) is 11.0. The predicted molar refractivity (Wildman–Crippen MR) is 123 cm³/mol. The van der Waals surface area contributed by atoms with E-state index in [-0.39, 0.29) is 29.6 Å². The maximum Gasteiger partial charge on any atom is 0.244 e. The van der Waals surface area contributed by atoms with Gasteiger partial charge in [-0.3, -0.25) is 9.59 Å². The van der Waals surface area contributed by atoms with Gasteiger partial charge in [-0.2, -0.15) is 4.31 Å². The molecule has 2 aromatic carbocycles. The van der Waals surface area contributed by atoms with Crippen molar-refractivity contribution in [2.24, 2.45) is 5.92 Å². The minimum atomic E-state index is -3.83. The first-order valence-corrected chi connectivity index (χ1v) is 13.0. The fourth-order valence-electron chi connectivity index (χ4n) is 3.68. The molecule has 12 heteroatoms. The molecule has 1 N–H and O–H groups in total. The highest BCUT2D eigenvalue weighted by Crippen LogP contribution is 2.38. The van der Waals surface area contributed by atoms with Crippen molar-refractivity contribution < 1.29 is 31.5 Å². The lowest BCUT2D eigenvalue weighted by Crippen LogP contribution is -2.42. The Hall–Kier alpha value is -2.54. The summed E-state index contributed by atoms with van der Waals surface area (Å²) in [4.78, 5) is 27.7. The zero-order valence-electron chi connectivity index (χ0n) is 18.3. The second kappa shape index (κ2) is 9.98. The Morgan fingerprint density at radius 2 is 1.91 bits per heavy atom. The monoisotopic (exact) mass is 511 g/mol. The van der Waals surface area contributed by atoms with Gasteiger partial charge in [0.05, 0.1) is 29.5 Å². The Kier molecular flexibility index (Phi) is 7.22. The molecule has 1 atom stereocenters. The third-order valence-corrected chi connectivity index (χ3v) is 8.73. The number of rotatable bonds is 5. The van der Waals surface area contributed by atoms with Gasteiger partial charge in [0.2, 0.25) is 21.8 Å². The number of hydrogen-bond donors (Lipinski definition) is 1. The number of fused-ring (bicyclic) bond motifs is 1. The molecule has 4 rings (SSSR count). The van der Waals surface area contributed by atoms with Crippen LogP contribution in [-0.2, 0) is 24.3 Å². The summed E-state index contributed by atoms with van der Waals surface area (Å²) in [6, 6.07) is 7.25. The molecule has 34 heavy (non-hydrogen) atoms. The number of amides is 2. The van der Waals surface area contributed by atoms with Gasteiger partial charge in [0.1, 0.15) is 18.2 Å². The minimum Gasteiger partial charge on any atom is -0.379 e. The molecule has 0 spiro atoms. The van der Waals surface area contributed by atoms with Crippen LogP contribution in [-0.4, -0.2) is 63.1 Å². The zero-order chi connectivity index (χ0) is 24.5. The van der Waals surface area contributed by atoms with Crippen molar-refractivity contribution in [1.82, 2.24) is 4.31 Å². The van der Waals surface area contributed by atoms with Crippen LogP contribution in [0, 0.1) is 17.6 Å². The van der Waals surface area contributed by atoms with E-state index in [1.54, 1.807) is 13.0 Å². The van der Waals surface area contributed by atoms with E-state index in [4.69, 9.17) is 4.74 Å². The van der Waals surface area contributed by atoms with Crippen molar-refractivity contribution >= 4 is 45.0 Å². The van der Waals surface area contributed by atoms with Crippen LogP contribution in [0.2, 0.25) is 0 Å². The van der Waals surface area contributed by atoms with E-state index < -0.39 is 40.0 Å². The van der Waals surface area contributed by atoms with E-state index in [2.05, 4.69) is 5.32 Å². The molecule has 0 unspecified atom stereocenters. The summed E-state index contributed by atoms with van der Waals surface area (Å²) in [5.41, 5.74) is 0.0726. The Morgan fingerprint density at radius 3 is 2.62 bits per heavy atom. The van der Waals surface area contributed by atoms with E-state index in [1.807, 2.05) is 0 Å². The Bertz CT molecular complexity index is 1220. The van der Waals surface area contributed by atoms with Gasteiger partial charge < -0.3 is 15.0 Å². The molecule has 2 amide bonds. The van der Waals surface area contributed by atoms with Crippen LogP contribution in [0.5, 0.6) is 0 Å². The molecule has 0 aliphatic carbocycles. The number of anilines is 2. The summed E-state index contributed by atoms with van der Waals surface area (Å²) >= 11 is 1.39. The van der Waals surface area contributed by atoms with Crippen molar-refractivity contribution in [3.05, 3.63) is 48.0 Å². The molecule has 0 saturated carbocycles. The van der Waals surface area contributed by atoms with E-state index in [1.165, 1.54) is 33.1 Å². The fourth-order valence-corrected chi connectivity index (χ4v) is 6.17. The first-order chi connectivity index (χ1) is 16.2. The second-order valence-electron chi connectivity index (χ2n) is 7.95. The maximum absolute atomic E-state index is 14.0. The SMILES string of the molecule is C[C@H]1CSc2ccc(S(=O)(=O)N3CCOCC3)cc2N(CC(=O)Nc2ccc(F)cc2F)C1=O. The number of thioether (sulfide) groups is 1. The molecule has 8 nitrogen and oxygen atoms in total. The number of benzene rings is 2. The smallest absolute Gasteiger partial charge is 0.244 e. The lowest BCUT2D eigenvalue weighted by molar-refractivity contribution is -0.123. The van der Waals surface area contributed by atoms with Gasteiger partial charge in [-0.15, -0.1) is 11.8 Å². The van der Waals surface area contributed by atoms with Gasteiger partial charge in [-0.05, 0) is 30.3 Å². The Morgan fingerprint density at radius 1 is 1.18 bits per heavy atom. The van der Waals surface area contributed by atoms with Crippen LogP contribution in [0.1, 0.15) is 6.92 Å². The molecule has 0 radical (unpaired) electrons. The number of ether oxygens (including phenoxy) is 1. The molecule has 2 aliphatic rings. The van der Waals surface area contributed by atoms with Crippen molar-refractivity contribution in [3.63, 3.8) is 0 Å². The molecule has 2 aliphatic heterocycles. The number of carbonyl (C=O) groups is 2. The first-order valence-electron chi connectivity index (χ1n) is 10.6. The lowest BCUT2D eigenvalue weighted by atomic mass is 10.1. The molecule has 2 heterocycles. The third kappa shape index (κ3) is 5.09. The molecule has 1 fully saturated rings. The maximum atomic E-state index is 14.0. The summed E-state index contributed by atoms with van der Waals surface area (Å²) in [7, 11) is -3.83. The first kappa shape index (κ1) is 24.6. The van der Waals surface area contributed by atoms with Crippen LogP contribution < -0.4 is 10.2 Å². The molecule has 2 aromatic rings. The summed E-state index contributed by atoms with van der Waals surface area (Å²) in [5, 5.41) is 2.35. The summed E-state index contributed by atoms with van der Waals surface area (Å²) < 4.78 is 60.0. The Labute approximate surface area is 200 Å². The van der Waals surface area contributed by atoms with Gasteiger partial charge in [-0.25, -0.2) is 17.2 Å².